The SMILES string of the molecule is O=C(O)c1cc2cc(OC(c3ccccc3)N3CN=NN3)ccc2n1Cc1cc2c(cc1Cl)OCO2. The molecule has 0 radical (unpaired) electrons. The van der Waals surface area contributed by atoms with E-state index in [0.29, 0.717) is 28.9 Å². The summed E-state index contributed by atoms with van der Waals surface area (Å²) < 4.78 is 18.9. The third-order valence-corrected chi connectivity index (χ3v) is 6.39. The van der Waals surface area contributed by atoms with Gasteiger partial charge in [0.25, 0.3) is 0 Å². The van der Waals surface area contributed by atoms with E-state index in [-0.39, 0.29) is 19.0 Å². The Morgan fingerprint density at radius 1 is 1.11 bits per heavy atom. The lowest BCUT2D eigenvalue weighted by atomic mass is 10.2. The van der Waals surface area contributed by atoms with Crippen LogP contribution < -0.4 is 19.7 Å². The number of nitrogens with one attached hydrogen (secondary N) is 1. The lowest BCUT2D eigenvalue weighted by Crippen LogP contribution is -2.37. The number of hydrogen-bond acceptors (Lipinski definition) is 8. The van der Waals surface area contributed by atoms with E-state index < -0.39 is 12.2 Å². The summed E-state index contributed by atoms with van der Waals surface area (Å²) in [5, 5.41) is 20.7. The fraction of sp³-hybridized carbons (Fsp3) is 0.160. The number of halogens is 1. The van der Waals surface area contributed by atoms with E-state index in [1.54, 1.807) is 27.8 Å². The number of carboxylic acids is 1. The second kappa shape index (κ2) is 9.06. The van der Waals surface area contributed by atoms with Crippen molar-refractivity contribution in [1.82, 2.24) is 15.1 Å². The summed E-state index contributed by atoms with van der Waals surface area (Å²) in [6, 6.07) is 20.3. The van der Waals surface area contributed by atoms with Crippen LogP contribution in [0.15, 0.2) is 77.1 Å². The van der Waals surface area contributed by atoms with Crippen LogP contribution in [-0.2, 0) is 6.54 Å². The van der Waals surface area contributed by atoms with E-state index in [1.807, 2.05) is 48.5 Å². The number of carbonyl (C=O) groups is 1. The summed E-state index contributed by atoms with van der Waals surface area (Å²) in [5.41, 5.74) is 5.34. The van der Waals surface area contributed by atoms with Crippen molar-refractivity contribution in [2.45, 2.75) is 12.8 Å². The number of hydrogen-bond donors (Lipinski definition) is 2. The zero-order valence-electron chi connectivity index (χ0n) is 18.8. The third kappa shape index (κ3) is 4.06. The van der Waals surface area contributed by atoms with E-state index in [1.165, 1.54) is 0 Å². The Morgan fingerprint density at radius 3 is 2.67 bits per heavy atom. The maximum atomic E-state index is 12.1. The molecule has 6 rings (SSSR count). The van der Waals surface area contributed by atoms with Crippen LogP contribution in [0.2, 0.25) is 5.02 Å². The van der Waals surface area contributed by atoms with Gasteiger partial charge in [0.2, 0.25) is 6.79 Å². The normalized spacial score (nSPS) is 15.2. The van der Waals surface area contributed by atoms with Crippen molar-refractivity contribution in [3.8, 4) is 17.2 Å². The summed E-state index contributed by atoms with van der Waals surface area (Å²) >= 11 is 6.47. The number of rotatable bonds is 7. The molecule has 10 nitrogen and oxygen atoms in total. The summed E-state index contributed by atoms with van der Waals surface area (Å²) in [7, 11) is 0. The van der Waals surface area contributed by atoms with Gasteiger partial charge in [-0.2, -0.15) is 5.11 Å². The number of carboxylic acid groups (broad SMARTS) is 1. The third-order valence-electron chi connectivity index (χ3n) is 6.04. The van der Waals surface area contributed by atoms with Crippen LogP contribution in [0.1, 0.15) is 27.8 Å². The van der Waals surface area contributed by atoms with Crippen LogP contribution in [0.4, 0.5) is 0 Å². The summed E-state index contributed by atoms with van der Waals surface area (Å²) in [5.74, 6) is 0.680. The summed E-state index contributed by atoms with van der Waals surface area (Å²) in [4.78, 5) is 12.1. The smallest absolute Gasteiger partial charge is 0.352 e. The molecule has 2 aliphatic heterocycles. The molecule has 36 heavy (non-hydrogen) atoms. The molecule has 0 spiro atoms. The number of fused-ring (bicyclic) bond motifs is 2. The maximum Gasteiger partial charge on any atom is 0.352 e. The molecule has 0 fully saturated rings. The minimum Gasteiger partial charge on any atom is -0.477 e. The summed E-state index contributed by atoms with van der Waals surface area (Å²) in [6.45, 7) is 0.704. The fourth-order valence-corrected chi connectivity index (χ4v) is 4.54. The predicted molar refractivity (Wildman–Crippen MR) is 130 cm³/mol. The molecule has 0 saturated heterocycles. The number of nitrogens with zero attached hydrogens (tertiary/aromatic N) is 4. The van der Waals surface area contributed by atoms with Crippen molar-refractivity contribution in [2.24, 2.45) is 10.3 Å². The second-order valence-electron chi connectivity index (χ2n) is 8.27. The van der Waals surface area contributed by atoms with Gasteiger partial charge in [-0.05, 0) is 35.9 Å². The molecule has 1 aromatic heterocycles. The van der Waals surface area contributed by atoms with Gasteiger partial charge < -0.3 is 23.9 Å². The Balaban J connectivity index is 1.35. The van der Waals surface area contributed by atoms with Crippen LogP contribution >= 0.6 is 11.6 Å². The summed E-state index contributed by atoms with van der Waals surface area (Å²) in [6.07, 6.45) is -0.493. The minimum absolute atomic E-state index is 0.129. The zero-order chi connectivity index (χ0) is 24.6. The van der Waals surface area contributed by atoms with Crippen molar-refractivity contribution in [1.29, 1.82) is 0 Å². The van der Waals surface area contributed by atoms with Crippen molar-refractivity contribution >= 4 is 28.5 Å². The highest BCUT2D eigenvalue weighted by molar-refractivity contribution is 6.31. The molecule has 1 atom stereocenters. The molecule has 11 heteroatoms. The van der Waals surface area contributed by atoms with E-state index in [0.717, 1.165) is 22.0 Å². The van der Waals surface area contributed by atoms with E-state index in [9.17, 15) is 9.90 Å². The highest BCUT2D eigenvalue weighted by atomic mass is 35.5. The fourth-order valence-electron chi connectivity index (χ4n) is 4.33. The molecule has 3 heterocycles. The molecule has 182 valence electrons. The van der Waals surface area contributed by atoms with Crippen molar-refractivity contribution < 1.29 is 24.1 Å². The van der Waals surface area contributed by atoms with Gasteiger partial charge in [0.1, 0.15) is 18.1 Å². The first kappa shape index (κ1) is 22.2. The van der Waals surface area contributed by atoms with E-state index in [4.69, 9.17) is 25.8 Å². The molecule has 3 aromatic carbocycles. The van der Waals surface area contributed by atoms with Crippen LogP contribution in [0.25, 0.3) is 10.9 Å². The van der Waals surface area contributed by atoms with Gasteiger partial charge in [0, 0.05) is 27.6 Å². The Hall–Kier alpha value is -4.28. The Bertz CT molecular complexity index is 1480. The number of aromatic nitrogens is 1. The molecule has 2 N–H and O–H groups in total. The number of ether oxygens (including phenoxy) is 3. The first-order chi connectivity index (χ1) is 17.6. The second-order valence-corrected chi connectivity index (χ2v) is 8.68. The van der Waals surface area contributed by atoms with Gasteiger partial charge in [0.05, 0.1) is 6.54 Å². The standard InChI is InChI=1S/C25H20ClN5O5/c26-19-11-23-22(34-14-35-23)10-17(19)12-30-20-7-6-18(8-16(20)9-21(30)25(32)33)36-24(31-13-27-28-29-31)15-4-2-1-3-5-15/h1-11,24H,12-14H2,(H,27,29)(H,32,33). The molecule has 0 amide bonds. The molecule has 4 aromatic rings. The van der Waals surface area contributed by atoms with Crippen molar-refractivity contribution in [3.05, 3.63) is 88.6 Å². The highest BCUT2D eigenvalue weighted by Gasteiger charge is 2.25. The largest absolute Gasteiger partial charge is 0.477 e. The lowest BCUT2D eigenvalue weighted by Gasteiger charge is -2.26. The number of aromatic carboxylic acids is 1. The topological polar surface area (TPSA) is 110 Å². The minimum atomic E-state index is -1.04. The average Bonchev–Trinajstić information content (AvgIpc) is 3.64. The van der Waals surface area contributed by atoms with Crippen molar-refractivity contribution in [3.63, 3.8) is 0 Å². The Morgan fingerprint density at radius 2 is 1.92 bits per heavy atom. The van der Waals surface area contributed by atoms with Crippen LogP contribution in [0, 0.1) is 0 Å². The number of hydrazine groups is 1. The first-order valence-corrected chi connectivity index (χ1v) is 11.5. The Kier molecular flexibility index (Phi) is 5.59. The predicted octanol–water partition coefficient (Wildman–Crippen LogP) is 4.99. The molecule has 0 aliphatic carbocycles. The molecular weight excluding hydrogens is 486 g/mol. The van der Waals surface area contributed by atoms with Gasteiger partial charge in [-0.3, -0.25) is 0 Å². The van der Waals surface area contributed by atoms with Crippen molar-refractivity contribution in [2.75, 3.05) is 13.5 Å². The van der Waals surface area contributed by atoms with Crippen LogP contribution in [0.3, 0.4) is 0 Å². The first-order valence-electron chi connectivity index (χ1n) is 11.1. The monoisotopic (exact) mass is 505 g/mol. The van der Waals surface area contributed by atoms with Gasteiger partial charge in [-0.1, -0.05) is 47.2 Å². The van der Waals surface area contributed by atoms with Gasteiger partial charge in [0.15, 0.2) is 17.7 Å². The molecule has 1 unspecified atom stereocenters. The van der Waals surface area contributed by atoms with Gasteiger partial charge in [-0.15, -0.1) is 5.01 Å². The van der Waals surface area contributed by atoms with Gasteiger partial charge in [-0.25, -0.2) is 10.3 Å². The maximum absolute atomic E-state index is 12.1. The van der Waals surface area contributed by atoms with Gasteiger partial charge >= 0.3 is 5.97 Å². The highest BCUT2D eigenvalue weighted by Crippen LogP contribution is 2.38. The number of benzene rings is 3. The Labute approximate surface area is 210 Å². The van der Waals surface area contributed by atoms with Crippen LogP contribution in [-0.4, -0.2) is 34.1 Å². The van der Waals surface area contributed by atoms with E-state index in [2.05, 4.69) is 15.9 Å². The quantitative estimate of drug-likeness (QED) is 0.364. The lowest BCUT2D eigenvalue weighted by molar-refractivity contribution is 0.00248. The zero-order valence-corrected chi connectivity index (χ0v) is 19.6. The molecular formula is C25H20ClN5O5. The van der Waals surface area contributed by atoms with E-state index >= 15 is 0 Å². The molecule has 2 aliphatic rings. The molecule has 0 saturated carbocycles. The van der Waals surface area contributed by atoms with Crippen LogP contribution in [0.5, 0.6) is 17.2 Å². The average molecular weight is 506 g/mol. The molecule has 0 bridgehead atoms.